The molecule has 1 heterocycles. The first-order valence-corrected chi connectivity index (χ1v) is 6.54. The summed E-state index contributed by atoms with van der Waals surface area (Å²) in [7, 11) is 0. The molecule has 0 radical (unpaired) electrons. The molecular formula is C14H21N3O. The fourth-order valence-corrected chi connectivity index (χ4v) is 1.84. The van der Waals surface area contributed by atoms with E-state index in [0.717, 1.165) is 25.2 Å². The van der Waals surface area contributed by atoms with Gasteiger partial charge in [0, 0.05) is 18.8 Å². The molecule has 2 rings (SSSR count). The molecule has 0 saturated heterocycles. The molecule has 98 valence electrons. The Hall–Kier alpha value is -1.58. The van der Waals surface area contributed by atoms with E-state index in [4.69, 9.17) is 0 Å². The van der Waals surface area contributed by atoms with E-state index in [9.17, 15) is 4.79 Å². The fourth-order valence-electron chi connectivity index (χ4n) is 1.84. The molecule has 2 N–H and O–H groups in total. The van der Waals surface area contributed by atoms with Gasteiger partial charge in [0.15, 0.2) is 0 Å². The van der Waals surface area contributed by atoms with Crippen molar-refractivity contribution in [3.63, 3.8) is 0 Å². The Bertz CT molecular complexity index is 425. The smallest absolute Gasteiger partial charge is 0.253 e. The maximum absolute atomic E-state index is 11.9. The molecule has 1 unspecified atom stereocenters. The lowest BCUT2D eigenvalue weighted by atomic mass is 10.2. The fraction of sp³-hybridized carbons (Fsp3) is 0.571. The number of nitrogens with one attached hydrogen (secondary N) is 2. The molecular weight excluding hydrogens is 226 g/mol. The SMILES string of the molecule is CCCNc1ccc(C(=O)NC2CC2(C)C)cn1. The Morgan fingerprint density at radius 3 is 2.72 bits per heavy atom. The molecule has 18 heavy (non-hydrogen) atoms. The molecule has 1 amide bonds. The lowest BCUT2D eigenvalue weighted by Gasteiger charge is -2.08. The molecule has 0 bridgehead atoms. The van der Waals surface area contributed by atoms with Crippen LogP contribution in [0, 0.1) is 5.41 Å². The van der Waals surface area contributed by atoms with Gasteiger partial charge in [0.1, 0.15) is 5.82 Å². The van der Waals surface area contributed by atoms with Gasteiger partial charge in [-0.05, 0) is 30.4 Å². The summed E-state index contributed by atoms with van der Waals surface area (Å²) in [4.78, 5) is 16.2. The van der Waals surface area contributed by atoms with Crippen molar-refractivity contribution in [1.82, 2.24) is 10.3 Å². The summed E-state index contributed by atoms with van der Waals surface area (Å²) in [6.07, 6.45) is 3.74. The maximum atomic E-state index is 11.9. The Labute approximate surface area is 108 Å². The topological polar surface area (TPSA) is 54.0 Å². The number of nitrogens with zero attached hydrogens (tertiary/aromatic N) is 1. The highest BCUT2D eigenvalue weighted by atomic mass is 16.1. The zero-order valence-electron chi connectivity index (χ0n) is 11.3. The van der Waals surface area contributed by atoms with E-state index >= 15 is 0 Å². The zero-order valence-corrected chi connectivity index (χ0v) is 11.3. The van der Waals surface area contributed by atoms with Crippen molar-refractivity contribution in [3.05, 3.63) is 23.9 Å². The Balaban J connectivity index is 1.91. The summed E-state index contributed by atoms with van der Waals surface area (Å²) in [6, 6.07) is 3.97. The molecule has 4 heteroatoms. The molecule has 0 aromatic carbocycles. The van der Waals surface area contributed by atoms with Crippen LogP contribution in [-0.2, 0) is 0 Å². The molecule has 1 fully saturated rings. The first-order chi connectivity index (χ1) is 8.53. The third-order valence-corrected chi connectivity index (χ3v) is 3.40. The van der Waals surface area contributed by atoms with Gasteiger partial charge in [0.2, 0.25) is 0 Å². The monoisotopic (exact) mass is 247 g/mol. The van der Waals surface area contributed by atoms with Gasteiger partial charge in [0.25, 0.3) is 5.91 Å². The first kappa shape index (κ1) is 12.9. The van der Waals surface area contributed by atoms with Crippen LogP contribution in [0.3, 0.4) is 0 Å². The van der Waals surface area contributed by atoms with Crippen molar-refractivity contribution in [2.45, 2.75) is 39.7 Å². The first-order valence-electron chi connectivity index (χ1n) is 6.54. The van der Waals surface area contributed by atoms with Gasteiger partial charge in [0.05, 0.1) is 5.56 Å². The van der Waals surface area contributed by atoms with E-state index in [1.54, 1.807) is 6.20 Å². The number of hydrogen-bond acceptors (Lipinski definition) is 3. The molecule has 0 spiro atoms. The largest absolute Gasteiger partial charge is 0.370 e. The van der Waals surface area contributed by atoms with Gasteiger partial charge in [-0.15, -0.1) is 0 Å². The van der Waals surface area contributed by atoms with Crippen molar-refractivity contribution >= 4 is 11.7 Å². The number of carbonyl (C=O) groups is 1. The second-order valence-corrected chi connectivity index (χ2v) is 5.58. The Morgan fingerprint density at radius 1 is 1.50 bits per heavy atom. The number of pyridine rings is 1. The third kappa shape index (κ3) is 3.00. The number of amides is 1. The lowest BCUT2D eigenvalue weighted by molar-refractivity contribution is 0.0946. The second kappa shape index (κ2) is 4.96. The minimum atomic E-state index is -0.0277. The average molecular weight is 247 g/mol. The van der Waals surface area contributed by atoms with Crippen molar-refractivity contribution in [2.24, 2.45) is 5.41 Å². The van der Waals surface area contributed by atoms with Crippen LogP contribution in [0.15, 0.2) is 18.3 Å². The summed E-state index contributed by atoms with van der Waals surface area (Å²) in [5, 5.41) is 6.21. The predicted octanol–water partition coefficient (Wildman–Crippen LogP) is 2.43. The zero-order chi connectivity index (χ0) is 13.2. The molecule has 1 aromatic rings. The maximum Gasteiger partial charge on any atom is 0.253 e. The third-order valence-electron chi connectivity index (χ3n) is 3.40. The molecule has 1 aliphatic carbocycles. The van der Waals surface area contributed by atoms with Gasteiger partial charge in [-0.25, -0.2) is 4.98 Å². The molecule has 1 aliphatic rings. The Morgan fingerprint density at radius 2 is 2.22 bits per heavy atom. The van der Waals surface area contributed by atoms with Gasteiger partial charge in [-0.1, -0.05) is 20.8 Å². The second-order valence-electron chi connectivity index (χ2n) is 5.58. The van der Waals surface area contributed by atoms with Crippen molar-refractivity contribution in [2.75, 3.05) is 11.9 Å². The highest BCUT2D eigenvalue weighted by Gasteiger charge is 2.46. The van der Waals surface area contributed by atoms with Crippen molar-refractivity contribution in [3.8, 4) is 0 Å². The van der Waals surface area contributed by atoms with Crippen LogP contribution < -0.4 is 10.6 Å². The number of anilines is 1. The summed E-state index contributed by atoms with van der Waals surface area (Å²) in [6.45, 7) is 7.32. The highest BCUT2D eigenvalue weighted by Crippen LogP contribution is 2.44. The van der Waals surface area contributed by atoms with Crippen LogP contribution in [-0.4, -0.2) is 23.5 Å². The highest BCUT2D eigenvalue weighted by molar-refractivity contribution is 5.94. The normalized spacial score (nSPS) is 20.3. The molecule has 1 aromatic heterocycles. The van der Waals surface area contributed by atoms with E-state index in [1.807, 2.05) is 12.1 Å². The van der Waals surface area contributed by atoms with Crippen molar-refractivity contribution in [1.29, 1.82) is 0 Å². The summed E-state index contributed by atoms with van der Waals surface area (Å²) < 4.78 is 0. The van der Waals surface area contributed by atoms with E-state index in [0.29, 0.717) is 11.6 Å². The summed E-state index contributed by atoms with van der Waals surface area (Å²) in [5.74, 6) is 0.792. The van der Waals surface area contributed by atoms with E-state index in [-0.39, 0.29) is 11.3 Å². The average Bonchev–Trinajstić information content (AvgIpc) is 2.94. The number of carbonyl (C=O) groups excluding carboxylic acids is 1. The minimum Gasteiger partial charge on any atom is -0.370 e. The molecule has 1 atom stereocenters. The van der Waals surface area contributed by atoms with Gasteiger partial charge >= 0.3 is 0 Å². The number of hydrogen-bond donors (Lipinski definition) is 2. The van der Waals surface area contributed by atoms with Crippen LogP contribution in [0.4, 0.5) is 5.82 Å². The molecule has 1 saturated carbocycles. The van der Waals surface area contributed by atoms with Crippen LogP contribution in [0.5, 0.6) is 0 Å². The van der Waals surface area contributed by atoms with E-state index in [2.05, 4.69) is 36.4 Å². The standard InChI is InChI=1S/C14H21N3O/c1-4-7-15-12-6-5-10(9-16-12)13(18)17-11-8-14(11,2)3/h5-6,9,11H,4,7-8H2,1-3H3,(H,15,16)(H,17,18). The number of rotatable bonds is 5. The van der Waals surface area contributed by atoms with E-state index < -0.39 is 0 Å². The lowest BCUT2D eigenvalue weighted by Crippen LogP contribution is -2.28. The molecule has 4 nitrogen and oxygen atoms in total. The Kier molecular flexibility index (Phi) is 3.55. The minimum absolute atomic E-state index is 0.0277. The summed E-state index contributed by atoms with van der Waals surface area (Å²) in [5.41, 5.74) is 0.880. The van der Waals surface area contributed by atoms with Crippen LogP contribution in [0.25, 0.3) is 0 Å². The molecule has 0 aliphatic heterocycles. The quantitative estimate of drug-likeness (QED) is 0.840. The van der Waals surface area contributed by atoms with E-state index in [1.165, 1.54) is 0 Å². The van der Waals surface area contributed by atoms with Crippen molar-refractivity contribution < 1.29 is 4.79 Å². The van der Waals surface area contributed by atoms with Crippen LogP contribution in [0.1, 0.15) is 44.0 Å². The summed E-state index contributed by atoms with van der Waals surface area (Å²) >= 11 is 0. The van der Waals surface area contributed by atoms with Gasteiger partial charge in [-0.2, -0.15) is 0 Å². The van der Waals surface area contributed by atoms with Gasteiger partial charge < -0.3 is 10.6 Å². The predicted molar refractivity (Wildman–Crippen MR) is 72.7 cm³/mol. The van der Waals surface area contributed by atoms with Crippen LogP contribution >= 0.6 is 0 Å². The van der Waals surface area contributed by atoms with Gasteiger partial charge in [-0.3, -0.25) is 4.79 Å². The number of aromatic nitrogens is 1. The van der Waals surface area contributed by atoms with Crippen LogP contribution in [0.2, 0.25) is 0 Å².